The summed E-state index contributed by atoms with van der Waals surface area (Å²) in [6, 6.07) is 5.52. The predicted octanol–water partition coefficient (Wildman–Crippen LogP) is 1.84. The van der Waals surface area contributed by atoms with Gasteiger partial charge in [0.15, 0.2) is 0 Å². The monoisotopic (exact) mass is 176 g/mol. The summed E-state index contributed by atoms with van der Waals surface area (Å²) in [6.07, 6.45) is 0.890. The highest BCUT2D eigenvalue weighted by Gasteiger charge is 2.09. The first-order chi connectivity index (χ1) is 6.24. The Morgan fingerprint density at radius 2 is 2.23 bits per heavy atom. The van der Waals surface area contributed by atoms with Crippen molar-refractivity contribution in [2.24, 2.45) is 7.05 Å². The van der Waals surface area contributed by atoms with Crippen molar-refractivity contribution in [1.29, 1.82) is 0 Å². The van der Waals surface area contributed by atoms with E-state index in [0.717, 1.165) is 23.0 Å². The zero-order valence-corrected chi connectivity index (χ0v) is 7.78. The van der Waals surface area contributed by atoms with Crippen molar-refractivity contribution in [2.45, 2.75) is 13.3 Å². The van der Waals surface area contributed by atoms with Gasteiger partial charge in [0.2, 0.25) is 0 Å². The molecule has 1 heterocycles. The van der Waals surface area contributed by atoms with E-state index in [9.17, 15) is 5.11 Å². The van der Waals surface area contributed by atoms with Crippen LogP contribution in [0.5, 0.6) is 5.75 Å². The molecule has 1 N–H and O–H groups in total. The summed E-state index contributed by atoms with van der Waals surface area (Å²) in [6.45, 7) is 2.06. The van der Waals surface area contributed by atoms with Crippen molar-refractivity contribution in [3.8, 4) is 5.75 Å². The van der Waals surface area contributed by atoms with Crippen molar-refractivity contribution < 1.29 is 5.11 Å². The highest BCUT2D eigenvalue weighted by molar-refractivity contribution is 5.87. The first-order valence-electron chi connectivity index (χ1n) is 4.37. The number of fused-ring (bicyclic) bond motifs is 1. The number of aromatic hydroxyl groups is 1. The number of benzene rings is 1. The van der Waals surface area contributed by atoms with E-state index in [4.69, 9.17) is 0 Å². The van der Waals surface area contributed by atoms with Crippen LogP contribution in [0.4, 0.5) is 0 Å². The van der Waals surface area contributed by atoms with E-state index < -0.39 is 0 Å². The molecule has 0 aliphatic carbocycles. The second-order valence-electron chi connectivity index (χ2n) is 3.10. The Balaban J connectivity index is 2.87. The van der Waals surface area contributed by atoms with Crippen LogP contribution in [0, 0.1) is 0 Å². The van der Waals surface area contributed by atoms with E-state index in [-0.39, 0.29) is 0 Å². The van der Waals surface area contributed by atoms with Gasteiger partial charge < -0.3 is 5.11 Å². The lowest BCUT2D eigenvalue weighted by Gasteiger charge is -1.96. The average molecular weight is 176 g/mol. The number of aryl methyl sites for hydroxylation is 2. The van der Waals surface area contributed by atoms with Gasteiger partial charge in [-0.2, -0.15) is 5.10 Å². The van der Waals surface area contributed by atoms with Crippen molar-refractivity contribution >= 4 is 10.9 Å². The van der Waals surface area contributed by atoms with Gasteiger partial charge in [-0.25, -0.2) is 0 Å². The maximum Gasteiger partial charge on any atom is 0.141 e. The minimum atomic E-state index is 0.298. The number of nitrogens with zero attached hydrogens (tertiary/aromatic N) is 2. The number of hydrogen-bond acceptors (Lipinski definition) is 2. The van der Waals surface area contributed by atoms with Gasteiger partial charge in [-0.15, -0.1) is 0 Å². The molecule has 3 nitrogen and oxygen atoms in total. The number of phenolic OH excluding ortho intramolecular Hbond substituents is 1. The van der Waals surface area contributed by atoms with Gasteiger partial charge in [0.1, 0.15) is 11.3 Å². The molecule has 3 heteroatoms. The summed E-state index contributed by atoms with van der Waals surface area (Å²) in [5, 5.41) is 15.0. The summed E-state index contributed by atoms with van der Waals surface area (Å²) in [7, 11) is 1.85. The van der Waals surface area contributed by atoms with Gasteiger partial charge in [-0.1, -0.05) is 19.1 Å². The van der Waals surface area contributed by atoms with E-state index in [0.29, 0.717) is 5.75 Å². The van der Waals surface area contributed by atoms with Crippen LogP contribution in [0.2, 0.25) is 0 Å². The SMILES string of the molecule is CCc1nn(C)c2c(O)cccc12. The van der Waals surface area contributed by atoms with Crippen LogP contribution < -0.4 is 0 Å². The predicted molar refractivity (Wildman–Crippen MR) is 51.8 cm³/mol. The number of phenols is 1. The van der Waals surface area contributed by atoms with Crippen LogP contribution >= 0.6 is 0 Å². The summed E-state index contributed by atoms with van der Waals surface area (Å²) in [5.74, 6) is 0.298. The highest BCUT2D eigenvalue weighted by Crippen LogP contribution is 2.26. The van der Waals surface area contributed by atoms with Gasteiger partial charge in [0, 0.05) is 12.4 Å². The van der Waals surface area contributed by atoms with Crippen molar-refractivity contribution in [3.05, 3.63) is 23.9 Å². The fourth-order valence-corrected chi connectivity index (χ4v) is 1.65. The topological polar surface area (TPSA) is 38.0 Å². The van der Waals surface area contributed by atoms with Gasteiger partial charge in [-0.05, 0) is 12.5 Å². The number of rotatable bonds is 1. The fourth-order valence-electron chi connectivity index (χ4n) is 1.65. The van der Waals surface area contributed by atoms with Gasteiger partial charge in [0.25, 0.3) is 0 Å². The lowest BCUT2D eigenvalue weighted by molar-refractivity contribution is 0.477. The van der Waals surface area contributed by atoms with Gasteiger partial charge in [-0.3, -0.25) is 4.68 Å². The van der Waals surface area contributed by atoms with E-state index in [1.54, 1.807) is 10.7 Å². The summed E-state index contributed by atoms with van der Waals surface area (Å²) in [5.41, 5.74) is 1.85. The van der Waals surface area contributed by atoms with Crippen LogP contribution in [0.25, 0.3) is 10.9 Å². The number of para-hydroxylation sites is 1. The molecule has 1 aromatic carbocycles. The Morgan fingerprint density at radius 1 is 1.46 bits per heavy atom. The molecule has 0 bridgehead atoms. The van der Waals surface area contributed by atoms with Crippen LogP contribution in [0.15, 0.2) is 18.2 Å². The van der Waals surface area contributed by atoms with Gasteiger partial charge >= 0.3 is 0 Å². The third-order valence-electron chi connectivity index (χ3n) is 2.25. The highest BCUT2D eigenvalue weighted by atomic mass is 16.3. The second-order valence-corrected chi connectivity index (χ2v) is 3.10. The Morgan fingerprint density at radius 3 is 2.92 bits per heavy atom. The molecule has 0 aliphatic rings. The normalized spacial score (nSPS) is 10.9. The Bertz CT molecular complexity index is 445. The lowest BCUT2D eigenvalue weighted by Crippen LogP contribution is -1.90. The minimum Gasteiger partial charge on any atom is -0.506 e. The zero-order valence-electron chi connectivity index (χ0n) is 7.78. The van der Waals surface area contributed by atoms with Gasteiger partial charge in [0.05, 0.1) is 5.69 Å². The lowest BCUT2D eigenvalue weighted by atomic mass is 10.2. The third-order valence-corrected chi connectivity index (χ3v) is 2.25. The zero-order chi connectivity index (χ0) is 9.42. The number of aromatic nitrogens is 2. The molecular weight excluding hydrogens is 164 g/mol. The molecule has 0 saturated carbocycles. The maximum absolute atomic E-state index is 9.60. The molecule has 1 aromatic heterocycles. The smallest absolute Gasteiger partial charge is 0.141 e. The first kappa shape index (κ1) is 8.10. The molecular formula is C10H12N2O. The average Bonchev–Trinajstić information content (AvgIpc) is 2.44. The second kappa shape index (κ2) is 2.76. The van der Waals surface area contributed by atoms with Crippen molar-refractivity contribution in [3.63, 3.8) is 0 Å². The van der Waals surface area contributed by atoms with Crippen molar-refractivity contribution in [1.82, 2.24) is 9.78 Å². The summed E-state index contributed by atoms with van der Waals surface area (Å²) < 4.78 is 1.73. The largest absolute Gasteiger partial charge is 0.506 e. The molecule has 0 amide bonds. The molecule has 2 aromatic rings. The van der Waals surface area contributed by atoms with Crippen LogP contribution in [-0.2, 0) is 13.5 Å². The Kier molecular flexibility index (Phi) is 1.72. The molecule has 0 saturated heterocycles. The van der Waals surface area contributed by atoms with E-state index in [2.05, 4.69) is 12.0 Å². The van der Waals surface area contributed by atoms with Crippen LogP contribution in [0.1, 0.15) is 12.6 Å². The molecule has 0 aliphatic heterocycles. The van der Waals surface area contributed by atoms with Crippen molar-refractivity contribution in [2.75, 3.05) is 0 Å². The Labute approximate surface area is 76.6 Å². The molecule has 2 rings (SSSR count). The molecule has 13 heavy (non-hydrogen) atoms. The standard InChI is InChI=1S/C10H12N2O/c1-3-8-7-5-4-6-9(13)10(7)12(2)11-8/h4-6,13H,3H2,1-2H3. The molecule has 0 atom stereocenters. The van der Waals surface area contributed by atoms with Crippen LogP contribution in [0.3, 0.4) is 0 Å². The van der Waals surface area contributed by atoms with E-state index in [1.165, 1.54) is 0 Å². The first-order valence-corrected chi connectivity index (χ1v) is 4.37. The van der Waals surface area contributed by atoms with Crippen LogP contribution in [-0.4, -0.2) is 14.9 Å². The molecule has 0 spiro atoms. The fraction of sp³-hybridized carbons (Fsp3) is 0.300. The molecule has 0 unspecified atom stereocenters. The maximum atomic E-state index is 9.60. The quantitative estimate of drug-likeness (QED) is 0.720. The molecule has 0 fully saturated rings. The number of hydrogen-bond donors (Lipinski definition) is 1. The third kappa shape index (κ3) is 1.08. The molecule has 68 valence electrons. The summed E-state index contributed by atoms with van der Waals surface area (Å²) >= 11 is 0. The molecule has 0 radical (unpaired) electrons. The minimum absolute atomic E-state index is 0.298. The summed E-state index contributed by atoms with van der Waals surface area (Å²) in [4.78, 5) is 0. The Hall–Kier alpha value is -1.51. The van der Waals surface area contributed by atoms with E-state index >= 15 is 0 Å². The van der Waals surface area contributed by atoms with E-state index in [1.807, 2.05) is 19.2 Å².